The molecule has 0 aliphatic rings. The summed E-state index contributed by atoms with van der Waals surface area (Å²) in [4.78, 5) is 16.3. The molecule has 0 unspecified atom stereocenters. The number of methoxy groups -OCH3 is 1. The number of nitrogens with zero attached hydrogens (tertiary/aromatic N) is 2. The van der Waals surface area contributed by atoms with Crippen molar-refractivity contribution in [1.29, 1.82) is 0 Å². The van der Waals surface area contributed by atoms with Gasteiger partial charge in [-0.3, -0.25) is 4.79 Å². The maximum absolute atomic E-state index is 12.5. The molecule has 0 aliphatic heterocycles. The van der Waals surface area contributed by atoms with E-state index in [-0.39, 0.29) is 17.6 Å². The van der Waals surface area contributed by atoms with Gasteiger partial charge in [-0.2, -0.15) is 13.2 Å². The van der Waals surface area contributed by atoms with E-state index in [2.05, 4.69) is 9.72 Å². The minimum Gasteiger partial charge on any atom is -0.469 e. The van der Waals surface area contributed by atoms with Gasteiger partial charge in [0.05, 0.1) is 19.2 Å². The third-order valence-electron chi connectivity index (χ3n) is 2.31. The van der Waals surface area contributed by atoms with Crippen molar-refractivity contribution < 1.29 is 22.7 Å². The zero-order valence-corrected chi connectivity index (χ0v) is 11.6. The largest absolute Gasteiger partial charge is 0.469 e. The quantitative estimate of drug-likeness (QED) is 0.783. The summed E-state index contributed by atoms with van der Waals surface area (Å²) in [5, 5.41) is 1.82. The van der Waals surface area contributed by atoms with Crippen LogP contribution in [0.1, 0.15) is 19.5 Å². The van der Waals surface area contributed by atoms with Crippen molar-refractivity contribution in [2.24, 2.45) is 0 Å². The van der Waals surface area contributed by atoms with E-state index in [0.29, 0.717) is 5.69 Å². The number of rotatable bonds is 5. The first-order valence-corrected chi connectivity index (χ1v) is 6.45. The second-order valence-electron chi connectivity index (χ2n) is 4.21. The number of hydrogen-bond acceptors (Lipinski definition) is 5. The van der Waals surface area contributed by atoms with Gasteiger partial charge in [0.25, 0.3) is 0 Å². The average molecular weight is 296 g/mol. The molecule has 1 heterocycles. The maximum atomic E-state index is 12.5. The van der Waals surface area contributed by atoms with Gasteiger partial charge in [0, 0.05) is 11.4 Å². The molecule has 19 heavy (non-hydrogen) atoms. The Labute approximate surface area is 113 Å². The van der Waals surface area contributed by atoms with Crippen LogP contribution in [0.2, 0.25) is 0 Å². The van der Waals surface area contributed by atoms with Gasteiger partial charge in [0.2, 0.25) is 0 Å². The molecule has 108 valence electrons. The molecule has 1 aromatic heterocycles. The SMILES string of the molecule is COC(=O)Cc1csc(N(CC(F)(F)F)C(C)C)n1. The molecule has 8 heteroatoms. The van der Waals surface area contributed by atoms with Crippen molar-refractivity contribution in [1.82, 2.24) is 4.98 Å². The summed E-state index contributed by atoms with van der Waals surface area (Å²) in [6.07, 6.45) is -4.33. The Morgan fingerprint density at radius 2 is 2.16 bits per heavy atom. The van der Waals surface area contributed by atoms with E-state index in [1.807, 2.05) is 0 Å². The molecule has 0 spiro atoms. The highest BCUT2D eigenvalue weighted by Gasteiger charge is 2.33. The Kier molecular flexibility index (Phi) is 5.16. The molecule has 1 rings (SSSR count). The van der Waals surface area contributed by atoms with Crippen LogP contribution in [0.5, 0.6) is 0 Å². The van der Waals surface area contributed by atoms with Crippen LogP contribution < -0.4 is 4.90 Å². The highest BCUT2D eigenvalue weighted by molar-refractivity contribution is 7.13. The number of aromatic nitrogens is 1. The van der Waals surface area contributed by atoms with Crippen LogP contribution in [0.25, 0.3) is 0 Å². The zero-order chi connectivity index (χ0) is 14.6. The Balaban J connectivity index is 2.83. The highest BCUT2D eigenvalue weighted by Crippen LogP contribution is 2.27. The summed E-state index contributed by atoms with van der Waals surface area (Å²) in [6, 6.07) is -0.334. The Hall–Kier alpha value is -1.31. The number of anilines is 1. The number of halogens is 3. The van der Waals surface area contributed by atoms with Crippen molar-refractivity contribution in [3.63, 3.8) is 0 Å². The number of thiazole rings is 1. The lowest BCUT2D eigenvalue weighted by molar-refractivity contribution is -0.139. The smallest absolute Gasteiger partial charge is 0.406 e. The maximum Gasteiger partial charge on any atom is 0.406 e. The van der Waals surface area contributed by atoms with E-state index in [4.69, 9.17) is 0 Å². The summed E-state index contributed by atoms with van der Waals surface area (Å²) in [6.45, 7) is 2.26. The number of esters is 1. The van der Waals surface area contributed by atoms with Gasteiger partial charge < -0.3 is 9.64 Å². The normalized spacial score (nSPS) is 11.7. The summed E-state index contributed by atoms with van der Waals surface area (Å²) in [7, 11) is 1.25. The average Bonchev–Trinajstić information content (AvgIpc) is 2.72. The van der Waals surface area contributed by atoms with E-state index >= 15 is 0 Å². The van der Waals surface area contributed by atoms with Gasteiger partial charge in [-0.05, 0) is 13.8 Å². The van der Waals surface area contributed by atoms with Gasteiger partial charge >= 0.3 is 12.1 Å². The standard InChI is InChI=1S/C11H15F3N2O2S/c1-7(2)16(6-11(12,13)14)10-15-8(5-19-10)4-9(17)18-3/h5,7H,4,6H2,1-3H3. The fourth-order valence-electron chi connectivity index (χ4n) is 1.39. The zero-order valence-electron chi connectivity index (χ0n) is 10.8. The molecule has 0 saturated carbocycles. The van der Waals surface area contributed by atoms with E-state index in [1.165, 1.54) is 7.11 Å². The third-order valence-corrected chi connectivity index (χ3v) is 3.24. The number of carbonyl (C=O) groups is 1. The molecule has 0 aliphatic carbocycles. The van der Waals surface area contributed by atoms with Crippen LogP contribution >= 0.6 is 11.3 Å². The predicted molar refractivity (Wildman–Crippen MR) is 66.4 cm³/mol. The van der Waals surface area contributed by atoms with E-state index in [1.54, 1.807) is 19.2 Å². The van der Waals surface area contributed by atoms with Gasteiger partial charge in [-0.15, -0.1) is 11.3 Å². The second-order valence-corrected chi connectivity index (χ2v) is 5.05. The van der Waals surface area contributed by atoms with Crippen LogP contribution in [-0.4, -0.2) is 36.8 Å². The van der Waals surface area contributed by atoms with E-state index in [0.717, 1.165) is 16.2 Å². The van der Waals surface area contributed by atoms with Crippen LogP contribution in [0.15, 0.2) is 5.38 Å². The lowest BCUT2D eigenvalue weighted by atomic mass is 10.3. The molecular formula is C11H15F3N2O2S. The summed E-state index contributed by atoms with van der Waals surface area (Å²) in [5.41, 5.74) is 0.416. The number of ether oxygens (including phenoxy) is 1. The molecule has 4 nitrogen and oxygen atoms in total. The predicted octanol–water partition coefficient (Wildman–Crippen LogP) is 2.64. The lowest BCUT2D eigenvalue weighted by Gasteiger charge is -2.27. The molecule has 0 atom stereocenters. The van der Waals surface area contributed by atoms with Gasteiger partial charge in [0.15, 0.2) is 5.13 Å². The second kappa shape index (κ2) is 6.23. The monoisotopic (exact) mass is 296 g/mol. The van der Waals surface area contributed by atoms with Gasteiger partial charge in [-0.1, -0.05) is 0 Å². The minimum atomic E-state index is -4.29. The molecule has 0 bridgehead atoms. The van der Waals surface area contributed by atoms with Crippen molar-refractivity contribution in [2.45, 2.75) is 32.5 Å². The Morgan fingerprint density at radius 1 is 1.53 bits per heavy atom. The Bertz CT molecular complexity index is 432. The van der Waals surface area contributed by atoms with Crippen LogP contribution in [0, 0.1) is 0 Å². The molecular weight excluding hydrogens is 281 g/mol. The van der Waals surface area contributed by atoms with Crippen molar-refractivity contribution in [3.05, 3.63) is 11.1 Å². The van der Waals surface area contributed by atoms with E-state index in [9.17, 15) is 18.0 Å². The van der Waals surface area contributed by atoms with Crippen LogP contribution in [-0.2, 0) is 16.0 Å². The molecule has 0 fully saturated rings. The molecule has 0 radical (unpaired) electrons. The number of alkyl halides is 3. The number of carbonyl (C=O) groups excluding carboxylic acids is 1. The highest BCUT2D eigenvalue weighted by atomic mass is 32.1. The molecule has 1 aromatic rings. The van der Waals surface area contributed by atoms with Gasteiger partial charge in [-0.25, -0.2) is 4.98 Å². The van der Waals surface area contributed by atoms with E-state index < -0.39 is 18.7 Å². The van der Waals surface area contributed by atoms with Crippen molar-refractivity contribution >= 4 is 22.4 Å². The first kappa shape index (κ1) is 15.7. The van der Waals surface area contributed by atoms with Crippen molar-refractivity contribution in [3.8, 4) is 0 Å². The summed E-state index contributed by atoms with van der Waals surface area (Å²) >= 11 is 1.09. The third kappa shape index (κ3) is 5.06. The summed E-state index contributed by atoms with van der Waals surface area (Å²) < 4.78 is 41.9. The lowest BCUT2D eigenvalue weighted by Crippen LogP contribution is -2.39. The van der Waals surface area contributed by atoms with Crippen LogP contribution in [0.3, 0.4) is 0 Å². The Morgan fingerprint density at radius 3 is 2.63 bits per heavy atom. The molecule has 0 aromatic carbocycles. The molecule has 0 N–H and O–H groups in total. The minimum absolute atomic E-state index is 0.0368. The topological polar surface area (TPSA) is 42.4 Å². The van der Waals surface area contributed by atoms with Crippen molar-refractivity contribution in [2.75, 3.05) is 18.6 Å². The fourth-order valence-corrected chi connectivity index (χ4v) is 2.35. The fraction of sp³-hybridized carbons (Fsp3) is 0.636. The first-order chi connectivity index (χ1) is 8.73. The molecule has 0 saturated heterocycles. The van der Waals surface area contributed by atoms with Gasteiger partial charge in [0.1, 0.15) is 6.54 Å². The number of hydrogen-bond donors (Lipinski definition) is 0. The van der Waals surface area contributed by atoms with Crippen LogP contribution in [0.4, 0.5) is 18.3 Å². The molecule has 0 amide bonds. The summed E-state index contributed by atoms with van der Waals surface area (Å²) in [5.74, 6) is -0.469. The first-order valence-electron chi connectivity index (χ1n) is 5.57.